The Morgan fingerprint density at radius 2 is 2.43 bits per heavy atom. The molecule has 0 aliphatic heterocycles. The molecule has 0 radical (unpaired) electrons. The Morgan fingerprint density at radius 1 is 1.67 bits per heavy atom. The Kier molecular flexibility index (Phi) is 4.38. The molecular weight excluding hydrogens is 301 g/mol. The summed E-state index contributed by atoms with van der Waals surface area (Å²) in [4.78, 5) is 22.1. The normalized spacial score (nSPS) is 11.0. The molecule has 110 valence electrons. The second kappa shape index (κ2) is 6.22. The average Bonchev–Trinajstić information content (AvgIpc) is 2.97. The summed E-state index contributed by atoms with van der Waals surface area (Å²) in [5.41, 5.74) is 2.73. The van der Waals surface area contributed by atoms with Crippen LogP contribution in [0.25, 0.3) is 0 Å². The van der Waals surface area contributed by atoms with Crippen LogP contribution in [0.3, 0.4) is 0 Å². The summed E-state index contributed by atoms with van der Waals surface area (Å²) in [6.45, 7) is 1.40. The summed E-state index contributed by atoms with van der Waals surface area (Å²) in [6.07, 6.45) is 1.31. The van der Waals surface area contributed by atoms with Crippen molar-refractivity contribution in [3.8, 4) is 0 Å². The van der Waals surface area contributed by atoms with Crippen molar-refractivity contribution in [3.05, 3.63) is 44.0 Å². The van der Waals surface area contributed by atoms with E-state index in [1.54, 1.807) is 6.92 Å². The van der Waals surface area contributed by atoms with E-state index in [1.165, 1.54) is 29.1 Å². The van der Waals surface area contributed by atoms with Gasteiger partial charge in [-0.3, -0.25) is 4.79 Å². The molecule has 0 unspecified atom stereocenters. The molecule has 2 heterocycles. The number of nitrogens with one attached hydrogen (secondary N) is 1. The van der Waals surface area contributed by atoms with Crippen molar-refractivity contribution < 1.29 is 14.1 Å². The van der Waals surface area contributed by atoms with E-state index in [4.69, 9.17) is 0 Å². The lowest BCUT2D eigenvalue weighted by molar-refractivity contribution is -0.389. The Bertz CT molecular complexity index is 709. The molecule has 0 spiro atoms. The number of thiophene rings is 1. The summed E-state index contributed by atoms with van der Waals surface area (Å²) < 4.78 is 13.9. The maximum Gasteiger partial charge on any atom is 0.390 e. The van der Waals surface area contributed by atoms with E-state index in [2.05, 4.69) is 15.6 Å². The molecule has 0 atom stereocenters. The maximum atomic E-state index is 12.7. The van der Waals surface area contributed by atoms with E-state index >= 15 is 0 Å². The number of hydrogen-bond donors (Lipinski definition) is 1. The first-order valence-electron chi connectivity index (χ1n) is 5.72. The number of hydrogen-bond acceptors (Lipinski definition) is 6. The largest absolute Gasteiger partial charge is 0.390 e. The highest BCUT2D eigenvalue weighted by Gasteiger charge is 2.17. The van der Waals surface area contributed by atoms with E-state index in [0.29, 0.717) is 10.6 Å². The van der Waals surface area contributed by atoms with Gasteiger partial charge in [-0.05, 0) is 24.0 Å². The molecule has 2 aromatic heterocycles. The monoisotopic (exact) mass is 311 g/mol. The number of nitro groups is 1. The molecule has 0 saturated heterocycles. The van der Waals surface area contributed by atoms with Crippen molar-refractivity contribution in [1.82, 2.24) is 15.2 Å². The molecule has 0 aliphatic carbocycles. The maximum absolute atomic E-state index is 12.7. The molecular formula is C11H10FN5O3S. The molecule has 8 nitrogen and oxygen atoms in total. The van der Waals surface area contributed by atoms with Gasteiger partial charge in [-0.1, -0.05) is 0 Å². The molecule has 2 aromatic rings. The van der Waals surface area contributed by atoms with Crippen molar-refractivity contribution in [2.24, 2.45) is 5.10 Å². The molecule has 1 N–H and O–H groups in total. The number of hydrazone groups is 1. The number of nitrogens with zero attached hydrogens (tertiary/aromatic N) is 4. The predicted molar refractivity (Wildman–Crippen MR) is 73.6 cm³/mol. The second-order valence-corrected chi connectivity index (χ2v) is 5.06. The molecule has 0 bridgehead atoms. The molecule has 2 rings (SSSR count). The van der Waals surface area contributed by atoms with Crippen molar-refractivity contribution in [2.45, 2.75) is 13.5 Å². The molecule has 10 heteroatoms. The highest BCUT2D eigenvalue weighted by atomic mass is 32.1. The van der Waals surface area contributed by atoms with Gasteiger partial charge in [0.2, 0.25) is 0 Å². The molecule has 0 aromatic carbocycles. The first-order chi connectivity index (χ1) is 9.95. The Morgan fingerprint density at radius 3 is 3.00 bits per heavy atom. The lowest BCUT2D eigenvalue weighted by Crippen LogP contribution is -2.24. The van der Waals surface area contributed by atoms with Crippen LogP contribution in [0.1, 0.15) is 10.6 Å². The minimum Gasteiger partial charge on any atom is -0.358 e. The molecule has 1 amide bonds. The molecule has 0 saturated carbocycles. The summed E-state index contributed by atoms with van der Waals surface area (Å²) in [7, 11) is 0. The number of carbonyl (C=O) groups is 1. The third kappa shape index (κ3) is 3.92. The third-order valence-corrected chi connectivity index (χ3v) is 3.23. The van der Waals surface area contributed by atoms with Gasteiger partial charge < -0.3 is 10.1 Å². The number of aromatic nitrogens is 2. The summed E-state index contributed by atoms with van der Waals surface area (Å²) in [5.74, 6) is -0.817. The van der Waals surface area contributed by atoms with E-state index in [9.17, 15) is 19.3 Å². The number of rotatable bonds is 5. The standard InChI is InChI=1S/C11H10FN5O3S/c1-7-4-10(17(19)20)15-16(7)6-11(18)14-13-5-8-2-3-9(12)21-8/h2-5H,6H2,1H3,(H,14,18)/b13-5+. The zero-order chi connectivity index (χ0) is 15.4. The van der Waals surface area contributed by atoms with Gasteiger partial charge in [-0.2, -0.15) is 14.2 Å². The fourth-order valence-electron chi connectivity index (χ4n) is 1.48. The van der Waals surface area contributed by atoms with Gasteiger partial charge in [-0.15, -0.1) is 11.3 Å². The molecule has 0 fully saturated rings. The van der Waals surface area contributed by atoms with Gasteiger partial charge in [0.05, 0.1) is 28.0 Å². The number of amides is 1. The smallest absolute Gasteiger partial charge is 0.358 e. The Hall–Kier alpha value is -2.62. The number of halogens is 1. The first kappa shape index (κ1) is 14.8. The van der Waals surface area contributed by atoms with E-state index in [0.717, 1.165) is 11.3 Å². The Balaban J connectivity index is 1.93. The van der Waals surface area contributed by atoms with Crippen LogP contribution < -0.4 is 5.43 Å². The second-order valence-electron chi connectivity index (χ2n) is 3.99. The summed E-state index contributed by atoms with van der Waals surface area (Å²) in [5, 5.41) is 17.6. The van der Waals surface area contributed by atoms with Gasteiger partial charge in [0.15, 0.2) is 5.13 Å². The van der Waals surface area contributed by atoms with Gasteiger partial charge in [-0.25, -0.2) is 5.43 Å². The van der Waals surface area contributed by atoms with Crippen LogP contribution in [0.4, 0.5) is 10.2 Å². The SMILES string of the molecule is Cc1cc([N+](=O)[O-])nn1CC(=O)N/N=C/c1ccc(F)s1. The lowest BCUT2D eigenvalue weighted by atomic mass is 10.4. The van der Waals surface area contributed by atoms with Crippen molar-refractivity contribution in [1.29, 1.82) is 0 Å². The van der Waals surface area contributed by atoms with Crippen molar-refractivity contribution >= 4 is 29.3 Å². The van der Waals surface area contributed by atoms with E-state index < -0.39 is 10.8 Å². The summed E-state index contributed by atoms with van der Waals surface area (Å²) in [6, 6.07) is 4.09. The van der Waals surface area contributed by atoms with Crippen LogP contribution >= 0.6 is 11.3 Å². The van der Waals surface area contributed by atoms with E-state index in [-0.39, 0.29) is 17.5 Å². The minimum absolute atomic E-state index is 0.199. The van der Waals surface area contributed by atoms with Gasteiger partial charge in [0.1, 0.15) is 6.54 Å². The lowest BCUT2D eigenvalue weighted by Gasteiger charge is -1.98. The topological polar surface area (TPSA) is 102 Å². The van der Waals surface area contributed by atoms with Crippen molar-refractivity contribution in [3.63, 3.8) is 0 Å². The Labute approximate surface area is 122 Å². The van der Waals surface area contributed by atoms with Crippen molar-refractivity contribution in [2.75, 3.05) is 0 Å². The fraction of sp³-hybridized carbons (Fsp3) is 0.182. The zero-order valence-corrected chi connectivity index (χ0v) is 11.6. The first-order valence-corrected chi connectivity index (χ1v) is 6.53. The van der Waals surface area contributed by atoms with Crippen LogP contribution in [-0.4, -0.2) is 26.8 Å². The molecule has 21 heavy (non-hydrogen) atoms. The van der Waals surface area contributed by atoms with E-state index in [1.807, 2.05) is 0 Å². The van der Waals surface area contributed by atoms with Gasteiger partial charge in [0.25, 0.3) is 5.91 Å². The zero-order valence-electron chi connectivity index (χ0n) is 10.8. The summed E-state index contributed by atoms with van der Waals surface area (Å²) >= 11 is 0.893. The quantitative estimate of drug-likeness (QED) is 0.513. The fourth-order valence-corrected chi connectivity index (χ4v) is 2.08. The molecule has 0 aliphatic rings. The van der Waals surface area contributed by atoms with Crippen LogP contribution in [0.5, 0.6) is 0 Å². The van der Waals surface area contributed by atoms with Gasteiger partial charge >= 0.3 is 5.82 Å². The predicted octanol–water partition coefficient (Wildman–Crippen LogP) is 1.45. The minimum atomic E-state index is -0.634. The van der Waals surface area contributed by atoms with Gasteiger partial charge in [0, 0.05) is 0 Å². The highest BCUT2D eigenvalue weighted by molar-refractivity contribution is 7.12. The van der Waals surface area contributed by atoms with Crippen LogP contribution in [0.15, 0.2) is 23.3 Å². The number of aryl methyl sites for hydroxylation is 1. The van der Waals surface area contributed by atoms with Crippen LogP contribution in [0, 0.1) is 22.2 Å². The van der Waals surface area contributed by atoms with Crippen LogP contribution in [0.2, 0.25) is 0 Å². The highest BCUT2D eigenvalue weighted by Crippen LogP contribution is 2.12. The van der Waals surface area contributed by atoms with Crippen LogP contribution in [-0.2, 0) is 11.3 Å². The number of carbonyl (C=O) groups excluding carboxylic acids is 1. The average molecular weight is 311 g/mol. The third-order valence-electron chi connectivity index (χ3n) is 2.42.